The molecule has 126 valence electrons. The summed E-state index contributed by atoms with van der Waals surface area (Å²) in [5.41, 5.74) is 1.73. The van der Waals surface area contributed by atoms with Crippen molar-refractivity contribution in [2.45, 2.75) is 18.6 Å². The van der Waals surface area contributed by atoms with Crippen molar-refractivity contribution in [3.63, 3.8) is 0 Å². The van der Waals surface area contributed by atoms with Crippen molar-refractivity contribution in [3.05, 3.63) is 58.9 Å². The summed E-state index contributed by atoms with van der Waals surface area (Å²) < 4.78 is 26.7. The van der Waals surface area contributed by atoms with Crippen molar-refractivity contribution in [3.8, 4) is 17.6 Å². The van der Waals surface area contributed by atoms with Crippen LogP contribution in [0.5, 0.6) is 11.5 Å². The van der Waals surface area contributed by atoms with Gasteiger partial charge in [0.25, 0.3) is 5.79 Å². The van der Waals surface area contributed by atoms with Gasteiger partial charge in [0.05, 0.1) is 17.2 Å². The molecule has 3 atom stereocenters. The molecule has 0 bridgehead atoms. The molecule has 0 aromatic heterocycles. The molecular formula is C20H17FN2O2. The molecule has 2 aromatic carbocycles. The van der Waals surface area contributed by atoms with E-state index in [0.717, 1.165) is 24.4 Å². The summed E-state index contributed by atoms with van der Waals surface area (Å²) in [6.07, 6.45) is 0. The Kier molecular flexibility index (Phi) is 2.93. The zero-order valence-corrected chi connectivity index (χ0v) is 13.8. The molecule has 0 amide bonds. The van der Waals surface area contributed by atoms with Crippen LogP contribution in [-0.2, 0) is 5.79 Å². The van der Waals surface area contributed by atoms with E-state index >= 15 is 0 Å². The number of nitriles is 1. The molecule has 1 aliphatic carbocycles. The van der Waals surface area contributed by atoms with Crippen LogP contribution in [0.2, 0.25) is 0 Å². The molecule has 3 aliphatic rings. The minimum atomic E-state index is -1.22. The van der Waals surface area contributed by atoms with E-state index in [0.29, 0.717) is 29.1 Å². The van der Waals surface area contributed by atoms with E-state index in [-0.39, 0.29) is 5.56 Å². The minimum Gasteiger partial charge on any atom is -0.444 e. The number of halogens is 1. The number of hydrogen-bond donors (Lipinski definition) is 1. The number of nitrogens with one attached hydrogen (secondary N) is 1. The van der Waals surface area contributed by atoms with Crippen LogP contribution in [0.4, 0.5) is 4.39 Å². The largest absolute Gasteiger partial charge is 0.444 e. The number of hydrogen-bond acceptors (Lipinski definition) is 4. The fourth-order valence-electron chi connectivity index (χ4n) is 4.35. The number of fused-ring (bicyclic) bond motifs is 2. The fourth-order valence-corrected chi connectivity index (χ4v) is 4.35. The molecule has 1 saturated heterocycles. The van der Waals surface area contributed by atoms with Crippen molar-refractivity contribution in [1.82, 2.24) is 5.32 Å². The maximum absolute atomic E-state index is 14.5. The first-order valence-electron chi connectivity index (χ1n) is 8.52. The molecule has 2 aliphatic heterocycles. The normalized spacial score (nSPS) is 31.5. The lowest BCUT2D eigenvalue weighted by atomic mass is 10.0. The maximum atomic E-state index is 14.5. The van der Waals surface area contributed by atoms with Gasteiger partial charge in [-0.1, -0.05) is 12.1 Å². The predicted octanol–water partition coefficient (Wildman–Crippen LogP) is 3.27. The van der Waals surface area contributed by atoms with E-state index in [1.807, 2.05) is 18.2 Å². The Labute approximate surface area is 145 Å². The van der Waals surface area contributed by atoms with Gasteiger partial charge in [-0.3, -0.25) is 0 Å². The van der Waals surface area contributed by atoms with Gasteiger partial charge in [-0.2, -0.15) is 5.26 Å². The molecule has 4 nitrogen and oxygen atoms in total. The summed E-state index contributed by atoms with van der Waals surface area (Å²) in [6.45, 7) is 3.80. The first-order chi connectivity index (χ1) is 12.1. The van der Waals surface area contributed by atoms with Crippen molar-refractivity contribution in [1.29, 1.82) is 5.26 Å². The first kappa shape index (κ1) is 14.7. The average Bonchev–Trinajstić information content (AvgIpc) is 2.95. The van der Waals surface area contributed by atoms with Crippen molar-refractivity contribution in [2.24, 2.45) is 11.8 Å². The highest BCUT2D eigenvalue weighted by molar-refractivity contribution is 5.54. The molecule has 1 N–H and O–H groups in total. The second kappa shape index (κ2) is 4.96. The maximum Gasteiger partial charge on any atom is 0.278 e. The highest BCUT2D eigenvalue weighted by Gasteiger charge is 2.55. The Balaban J connectivity index is 1.51. The quantitative estimate of drug-likeness (QED) is 0.914. The smallest absolute Gasteiger partial charge is 0.278 e. The van der Waals surface area contributed by atoms with Crippen LogP contribution in [0.15, 0.2) is 36.4 Å². The van der Waals surface area contributed by atoms with Crippen LogP contribution in [0.25, 0.3) is 0 Å². The van der Waals surface area contributed by atoms with Crippen molar-refractivity contribution < 1.29 is 13.9 Å². The van der Waals surface area contributed by atoms with E-state index in [4.69, 9.17) is 14.7 Å². The topological polar surface area (TPSA) is 54.3 Å². The Morgan fingerprint density at radius 3 is 2.72 bits per heavy atom. The second-order valence-corrected chi connectivity index (χ2v) is 7.14. The molecule has 25 heavy (non-hydrogen) atoms. The third-order valence-corrected chi connectivity index (χ3v) is 5.65. The lowest BCUT2D eigenvalue weighted by Gasteiger charge is -2.24. The number of benzene rings is 2. The molecule has 0 spiro atoms. The van der Waals surface area contributed by atoms with Gasteiger partial charge >= 0.3 is 0 Å². The minimum absolute atomic E-state index is 0.277. The lowest BCUT2D eigenvalue weighted by Crippen LogP contribution is -2.32. The molecule has 2 heterocycles. The molecule has 3 unspecified atom stereocenters. The van der Waals surface area contributed by atoms with Gasteiger partial charge in [-0.15, -0.1) is 0 Å². The summed E-state index contributed by atoms with van der Waals surface area (Å²) >= 11 is 0. The zero-order chi connectivity index (χ0) is 17.2. The van der Waals surface area contributed by atoms with E-state index in [1.54, 1.807) is 19.1 Å². The Bertz CT molecular complexity index is 912. The number of piperidine rings is 1. The van der Waals surface area contributed by atoms with E-state index in [2.05, 4.69) is 11.4 Å². The molecule has 5 heteroatoms. The molecule has 2 fully saturated rings. The third-order valence-electron chi connectivity index (χ3n) is 5.65. The monoisotopic (exact) mass is 336 g/mol. The van der Waals surface area contributed by atoms with Gasteiger partial charge in [-0.05, 0) is 55.1 Å². The van der Waals surface area contributed by atoms with Crippen molar-refractivity contribution >= 4 is 0 Å². The Morgan fingerprint density at radius 2 is 2.00 bits per heavy atom. The lowest BCUT2D eigenvalue weighted by molar-refractivity contribution is -0.0710. The van der Waals surface area contributed by atoms with Crippen LogP contribution in [0.1, 0.15) is 29.5 Å². The van der Waals surface area contributed by atoms with Crippen LogP contribution in [-0.4, -0.2) is 13.1 Å². The second-order valence-electron chi connectivity index (χ2n) is 7.14. The standard InChI is InChI=1S/C20H17FN2O2/c1-20(15-6-5-11(8-22)7-16(15)21)24-17-4-2-3-12(19(17)25-20)18-13-9-23-10-14(13)18/h2-7,13-14,18,23H,9-10H2,1H3. The van der Waals surface area contributed by atoms with Gasteiger partial charge in [0.15, 0.2) is 11.5 Å². The van der Waals surface area contributed by atoms with Crippen LogP contribution in [0, 0.1) is 29.0 Å². The van der Waals surface area contributed by atoms with Crippen LogP contribution in [0.3, 0.4) is 0 Å². The third kappa shape index (κ3) is 2.07. The van der Waals surface area contributed by atoms with Crippen molar-refractivity contribution in [2.75, 3.05) is 13.1 Å². The zero-order valence-electron chi connectivity index (χ0n) is 13.8. The van der Waals surface area contributed by atoms with Crippen LogP contribution >= 0.6 is 0 Å². The van der Waals surface area contributed by atoms with Gasteiger partial charge in [0.1, 0.15) is 5.82 Å². The van der Waals surface area contributed by atoms with E-state index < -0.39 is 11.6 Å². The summed E-state index contributed by atoms with van der Waals surface area (Å²) in [5.74, 6) is 1.48. The number of nitrogens with zero attached hydrogens (tertiary/aromatic N) is 1. The number of rotatable bonds is 2. The van der Waals surface area contributed by atoms with Crippen LogP contribution < -0.4 is 14.8 Å². The molecule has 2 aromatic rings. The number of ether oxygens (including phenoxy) is 2. The van der Waals surface area contributed by atoms with Gasteiger partial charge in [-0.25, -0.2) is 4.39 Å². The molecule has 0 radical (unpaired) electrons. The Hall–Kier alpha value is -2.58. The summed E-state index contributed by atoms with van der Waals surface area (Å²) in [6, 6.07) is 12.2. The van der Waals surface area contributed by atoms with Gasteiger partial charge in [0.2, 0.25) is 0 Å². The summed E-state index contributed by atoms with van der Waals surface area (Å²) in [4.78, 5) is 0. The average molecular weight is 336 g/mol. The Morgan fingerprint density at radius 1 is 1.20 bits per heavy atom. The molecular weight excluding hydrogens is 319 g/mol. The van der Waals surface area contributed by atoms with E-state index in [9.17, 15) is 4.39 Å². The van der Waals surface area contributed by atoms with Gasteiger partial charge in [0, 0.05) is 12.5 Å². The SMILES string of the molecule is CC1(c2ccc(C#N)cc2F)Oc2cccc(C3C4CNCC43)c2O1. The number of para-hydroxylation sites is 1. The molecule has 5 rings (SSSR count). The predicted molar refractivity (Wildman–Crippen MR) is 88.8 cm³/mol. The molecule has 1 saturated carbocycles. The van der Waals surface area contributed by atoms with E-state index in [1.165, 1.54) is 6.07 Å². The highest BCUT2D eigenvalue weighted by Crippen LogP contribution is 2.60. The first-order valence-corrected chi connectivity index (χ1v) is 8.52. The van der Waals surface area contributed by atoms with Gasteiger partial charge < -0.3 is 14.8 Å². The fraction of sp³-hybridized carbons (Fsp3) is 0.350. The summed E-state index contributed by atoms with van der Waals surface area (Å²) in [7, 11) is 0. The highest BCUT2D eigenvalue weighted by atomic mass is 19.1. The summed E-state index contributed by atoms with van der Waals surface area (Å²) in [5, 5.41) is 12.3.